The van der Waals surface area contributed by atoms with Crippen LogP contribution in [0.2, 0.25) is 0 Å². The van der Waals surface area contributed by atoms with Crippen LogP contribution in [0.15, 0.2) is 24.3 Å². The molecule has 1 aromatic carbocycles. The molecule has 116 valence electrons. The van der Waals surface area contributed by atoms with Crippen LogP contribution in [0.25, 0.3) is 0 Å². The van der Waals surface area contributed by atoms with Crippen molar-refractivity contribution in [3.63, 3.8) is 0 Å². The highest BCUT2D eigenvalue weighted by Crippen LogP contribution is 2.17. The fourth-order valence-corrected chi connectivity index (χ4v) is 1.85. The van der Waals surface area contributed by atoms with Crippen molar-refractivity contribution in [2.75, 3.05) is 19.7 Å². The smallest absolute Gasteiger partial charge is 0.258 e. The van der Waals surface area contributed by atoms with E-state index in [0.717, 1.165) is 24.2 Å². The van der Waals surface area contributed by atoms with Crippen LogP contribution >= 0.6 is 0 Å². The van der Waals surface area contributed by atoms with Crippen molar-refractivity contribution in [2.24, 2.45) is 0 Å². The van der Waals surface area contributed by atoms with Crippen molar-refractivity contribution >= 4 is 11.8 Å². The van der Waals surface area contributed by atoms with Crippen molar-refractivity contribution in [1.82, 2.24) is 10.6 Å². The standard InChI is InChI=1S/C16H24N2O3/c1-3-7-15(19)17-10-11-18-16(20)12-21-14-9-6-5-8-13(14)4-2/h5-6,8-9H,3-4,7,10-12H2,1-2H3,(H,17,19)(H,18,20). The predicted molar refractivity (Wildman–Crippen MR) is 82.2 cm³/mol. The van der Waals surface area contributed by atoms with Crippen LogP contribution in [0.1, 0.15) is 32.3 Å². The molecular weight excluding hydrogens is 268 g/mol. The Morgan fingerprint density at radius 3 is 2.38 bits per heavy atom. The second kappa shape index (κ2) is 9.80. The van der Waals surface area contributed by atoms with Crippen molar-refractivity contribution in [1.29, 1.82) is 0 Å². The molecule has 5 heteroatoms. The zero-order valence-electron chi connectivity index (χ0n) is 12.8. The molecule has 0 heterocycles. The zero-order valence-corrected chi connectivity index (χ0v) is 12.8. The van der Waals surface area contributed by atoms with Gasteiger partial charge in [-0.2, -0.15) is 0 Å². The number of nitrogens with one attached hydrogen (secondary N) is 2. The first-order chi connectivity index (χ1) is 10.2. The lowest BCUT2D eigenvalue weighted by Crippen LogP contribution is -2.36. The molecule has 0 fully saturated rings. The highest BCUT2D eigenvalue weighted by molar-refractivity contribution is 5.78. The van der Waals surface area contributed by atoms with Crippen molar-refractivity contribution < 1.29 is 14.3 Å². The molecule has 5 nitrogen and oxygen atoms in total. The molecule has 0 radical (unpaired) electrons. The number of amides is 2. The Kier molecular flexibility index (Phi) is 7.94. The summed E-state index contributed by atoms with van der Waals surface area (Å²) in [6, 6.07) is 7.67. The SMILES string of the molecule is CCCC(=O)NCCNC(=O)COc1ccccc1CC. The average molecular weight is 292 g/mol. The molecule has 0 saturated carbocycles. The fraction of sp³-hybridized carbons (Fsp3) is 0.500. The number of hydrogen-bond donors (Lipinski definition) is 2. The van der Waals surface area contributed by atoms with Crippen LogP contribution in [-0.4, -0.2) is 31.5 Å². The normalized spacial score (nSPS) is 10.0. The molecule has 0 aliphatic rings. The summed E-state index contributed by atoms with van der Waals surface area (Å²) < 4.78 is 5.51. The van der Waals surface area contributed by atoms with E-state index in [1.807, 2.05) is 38.1 Å². The van der Waals surface area contributed by atoms with Crippen molar-refractivity contribution in [2.45, 2.75) is 33.1 Å². The highest BCUT2D eigenvalue weighted by atomic mass is 16.5. The first kappa shape index (κ1) is 17.0. The van der Waals surface area contributed by atoms with Gasteiger partial charge >= 0.3 is 0 Å². The Balaban J connectivity index is 2.21. The maximum atomic E-state index is 11.6. The van der Waals surface area contributed by atoms with Gasteiger partial charge in [0.1, 0.15) is 5.75 Å². The molecule has 0 aliphatic heterocycles. The molecule has 0 bridgehead atoms. The number of benzene rings is 1. The number of hydrogen-bond acceptors (Lipinski definition) is 3. The monoisotopic (exact) mass is 292 g/mol. The van der Waals surface area contributed by atoms with Crippen molar-refractivity contribution in [3.8, 4) is 5.75 Å². The molecular formula is C16H24N2O3. The van der Waals surface area contributed by atoms with Gasteiger partial charge in [0, 0.05) is 19.5 Å². The summed E-state index contributed by atoms with van der Waals surface area (Å²) >= 11 is 0. The molecule has 1 rings (SSSR count). The van der Waals surface area contributed by atoms with Gasteiger partial charge in [-0.1, -0.05) is 32.0 Å². The van der Waals surface area contributed by atoms with Crippen LogP contribution in [-0.2, 0) is 16.0 Å². The Morgan fingerprint density at radius 2 is 1.71 bits per heavy atom. The number of ether oxygens (including phenoxy) is 1. The summed E-state index contributed by atoms with van der Waals surface area (Å²) in [4.78, 5) is 22.9. The van der Waals surface area contributed by atoms with E-state index in [-0.39, 0.29) is 18.4 Å². The van der Waals surface area contributed by atoms with Crippen LogP contribution in [0.5, 0.6) is 5.75 Å². The van der Waals surface area contributed by atoms with Gasteiger partial charge in [0.05, 0.1) is 0 Å². The predicted octanol–water partition coefficient (Wildman–Crippen LogP) is 1.66. The van der Waals surface area contributed by atoms with Crippen LogP contribution in [0, 0.1) is 0 Å². The van der Waals surface area contributed by atoms with E-state index >= 15 is 0 Å². The van der Waals surface area contributed by atoms with Gasteiger partial charge in [0.2, 0.25) is 5.91 Å². The lowest BCUT2D eigenvalue weighted by atomic mass is 10.1. The Labute approximate surface area is 126 Å². The van der Waals surface area contributed by atoms with Gasteiger partial charge in [-0.25, -0.2) is 0 Å². The molecule has 0 atom stereocenters. The maximum Gasteiger partial charge on any atom is 0.258 e. The van der Waals surface area contributed by atoms with Gasteiger partial charge in [0.15, 0.2) is 6.61 Å². The lowest BCUT2D eigenvalue weighted by molar-refractivity contribution is -0.124. The largest absolute Gasteiger partial charge is 0.483 e. The van der Waals surface area contributed by atoms with Gasteiger partial charge in [0.25, 0.3) is 5.91 Å². The van der Waals surface area contributed by atoms with Gasteiger partial charge in [-0.05, 0) is 24.5 Å². The van der Waals surface area contributed by atoms with Gasteiger partial charge in [-0.15, -0.1) is 0 Å². The summed E-state index contributed by atoms with van der Waals surface area (Å²) in [5.74, 6) is 0.567. The number of carbonyl (C=O) groups excluding carboxylic acids is 2. The van der Waals surface area contributed by atoms with E-state index in [2.05, 4.69) is 10.6 Å². The third-order valence-electron chi connectivity index (χ3n) is 2.96. The molecule has 2 N–H and O–H groups in total. The first-order valence-corrected chi connectivity index (χ1v) is 7.41. The Bertz CT molecular complexity index is 461. The second-order valence-electron chi connectivity index (χ2n) is 4.70. The quantitative estimate of drug-likeness (QED) is 0.680. The molecule has 0 spiro atoms. The summed E-state index contributed by atoms with van der Waals surface area (Å²) in [5.41, 5.74) is 1.08. The maximum absolute atomic E-state index is 11.6. The van der Waals surface area contributed by atoms with Crippen molar-refractivity contribution in [3.05, 3.63) is 29.8 Å². The van der Waals surface area contributed by atoms with E-state index in [1.165, 1.54) is 0 Å². The highest BCUT2D eigenvalue weighted by Gasteiger charge is 2.05. The number of carbonyl (C=O) groups is 2. The lowest BCUT2D eigenvalue weighted by Gasteiger charge is -2.10. The minimum Gasteiger partial charge on any atom is -0.483 e. The Morgan fingerprint density at radius 1 is 1.05 bits per heavy atom. The first-order valence-electron chi connectivity index (χ1n) is 7.41. The summed E-state index contributed by atoms with van der Waals surface area (Å²) in [7, 11) is 0. The third-order valence-corrected chi connectivity index (χ3v) is 2.96. The van der Waals surface area contributed by atoms with E-state index in [4.69, 9.17) is 4.74 Å². The summed E-state index contributed by atoms with van der Waals surface area (Å²) in [5, 5.41) is 5.45. The van der Waals surface area contributed by atoms with E-state index < -0.39 is 0 Å². The molecule has 0 aromatic heterocycles. The summed E-state index contributed by atoms with van der Waals surface area (Å²) in [6.45, 7) is 4.83. The van der Waals surface area contributed by atoms with Crippen LogP contribution in [0.4, 0.5) is 0 Å². The average Bonchev–Trinajstić information content (AvgIpc) is 2.50. The van der Waals surface area contributed by atoms with Crippen LogP contribution in [0.3, 0.4) is 0 Å². The molecule has 0 aliphatic carbocycles. The van der Waals surface area contributed by atoms with E-state index in [0.29, 0.717) is 19.5 Å². The number of para-hydroxylation sites is 1. The van der Waals surface area contributed by atoms with E-state index in [1.54, 1.807) is 0 Å². The minimum atomic E-state index is -0.189. The zero-order chi connectivity index (χ0) is 15.5. The molecule has 0 unspecified atom stereocenters. The molecule has 1 aromatic rings. The third kappa shape index (κ3) is 6.79. The van der Waals surface area contributed by atoms with Gasteiger partial charge in [-0.3, -0.25) is 9.59 Å². The minimum absolute atomic E-state index is 0.0138. The topological polar surface area (TPSA) is 67.4 Å². The van der Waals surface area contributed by atoms with E-state index in [9.17, 15) is 9.59 Å². The number of rotatable bonds is 9. The molecule has 21 heavy (non-hydrogen) atoms. The van der Waals surface area contributed by atoms with Gasteiger partial charge < -0.3 is 15.4 Å². The molecule has 2 amide bonds. The molecule has 0 saturated heterocycles. The number of aryl methyl sites for hydroxylation is 1. The second-order valence-corrected chi connectivity index (χ2v) is 4.70. The Hall–Kier alpha value is -2.04. The fourth-order valence-electron chi connectivity index (χ4n) is 1.85. The van der Waals surface area contributed by atoms with Crippen LogP contribution < -0.4 is 15.4 Å². The summed E-state index contributed by atoms with van der Waals surface area (Å²) in [6.07, 6.45) is 2.20.